The second-order valence-corrected chi connectivity index (χ2v) is 7.69. The summed E-state index contributed by atoms with van der Waals surface area (Å²) >= 11 is 6.35. The summed E-state index contributed by atoms with van der Waals surface area (Å²) in [6.07, 6.45) is 2.51. The maximum atomic E-state index is 11.7. The van der Waals surface area contributed by atoms with E-state index in [1.807, 2.05) is 57.4 Å². The van der Waals surface area contributed by atoms with E-state index < -0.39 is 5.91 Å². The number of aromatic nitrogens is 2. The van der Waals surface area contributed by atoms with Crippen LogP contribution in [-0.4, -0.2) is 48.0 Å². The number of rotatable bonds is 8. The second kappa shape index (κ2) is 9.69. The predicted octanol–water partition coefficient (Wildman–Crippen LogP) is 4.20. The quantitative estimate of drug-likeness (QED) is 0.548. The van der Waals surface area contributed by atoms with Gasteiger partial charge in [-0.05, 0) is 50.7 Å². The Bertz CT molecular complexity index is 1050. The van der Waals surface area contributed by atoms with Crippen LogP contribution in [0.5, 0.6) is 5.75 Å². The van der Waals surface area contributed by atoms with E-state index in [9.17, 15) is 4.79 Å². The van der Waals surface area contributed by atoms with Crippen LogP contribution < -0.4 is 10.5 Å². The molecule has 2 aromatic carbocycles. The minimum absolute atomic E-state index is 0.0364. The number of ether oxygens (including phenoxy) is 1. The van der Waals surface area contributed by atoms with Gasteiger partial charge in [-0.1, -0.05) is 41.9 Å². The molecule has 0 aliphatic carbocycles. The van der Waals surface area contributed by atoms with E-state index in [2.05, 4.69) is 14.9 Å². The van der Waals surface area contributed by atoms with E-state index in [1.165, 1.54) is 0 Å². The van der Waals surface area contributed by atoms with Crippen molar-refractivity contribution in [2.45, 2.75) is 13.3 Å². The number of carbonyl (C=O) groups excluding carboxylic acids is 1. The average Bonchev–Trinajstić information content (AvgIpc) is 2.72. The van der Waals surface area contributed by atoms with Crippen molar-refractivity contribution in [2.75, 3.05) is 27.2 Å². The van der Waals surface area contributed by atoms with Crippen LogP contribution in [0.15, 0.2) is 48.7 Å². The summed E-state index contributed by atoms with van der Waals surface area (Å²) in [5.41, 5.74) is 9.65. The number of carbonyl (C=O) groups is 1. The highest BCUT2D eigenvalue weighted by molar-refractivity contribution is 6.32. The zero-order valence-electron chi connectivity index (χ0n) is 17.4. The molecule has 1 heterocycles. The minimum atomic E-state index is -0.679. The molecule has 0 fully saturated rings. The largest absolute Gasteiger partial charge is 0.492 e. The van der Waals surface area contributed by atoms with E-state index in [0.717, 1.165) is 35.2 Å². The first-order chi connectivity index (χ1) is 14.4. The predicted molar refractivity (Wildman–Crippen MR) is 120 cm³/mol. The third kappa shape index (κ3) is 5.14. The highest BCUT2D eigenvalue weighted by atomic mass is 35.5. The first-order valence-electron chi connectivity index (χ1n) is 9.67. The number of hydrogen-bond acceptors (Lipinski definition) is 5. The molecular formula is C23H25ClN4O2. The van der Waals surface area contributed by atoms with Gasteiger partial charge >= 0.3 is 0 Å². The molecule has 0 spiro atoms. The van der Waals surface area contributed by atoms with Gasteiger partial charge in [-0.15, -0.1) is 0 Å². The van der Waals surface area contributed by atoms with E-state index in [0.29, 0.717) is 23.1 Å². The standard InChI is InChI=1S/C23H25ClN4O2/c1-15-7-4-5-8-17(15)18-14-26-23(22(25)29)27-21(18)16-9-10-19(24)20(13-16)30-12-6-11-28(2)3/h4-5,7-10,13-14H,6,11-12H2,1-3H3,(H2,25,29). The molecule has 3 rings (SSSR count). The molecule has 1 aromatic heterocycles. The van der Waals surface area contributed by atoms with Crippen molar-refractivity contribution in [1.29, 1.82) is 0 Å². The van der Waals surface area contributed by atoms with Crippen molar-refractivity contribution in [1.82, 2.24) is 14.9 Å². The maximum Gasteiger partial charge on any atom is 0.286 e. The van der Waals surface area contributed by atoms with Gasteiger partial charge in [0.2, 0.25) is 5.82 Å². The normalized spacial score (nSPS) is 11.0. The number of aryl methyl sites for hydroxylation is 1. The molecule has 0 unspecified atom stereocenters. The molecule has 3 aromatic rings. The fourth-order valence-electron chi connectivity index (χ4n) is 3.12. The third-order valence-electron chi connectivity index (χ3n) is 4.66. The van der Waals surface area contributed by atoms with E-state index in [4.69, 9.17) is 22.1 Å². The van der Waals surface area contributed by atoms with Gasteiger partial charge in [0, 0.05) is 23.9 Å². The second-order valence-electron chi connectivity index (χ2n) is 7.29. The Morgan fingerprint density at radius 1 is 1.17 bits per heavy atom. The van der Waals surface area contributed by atoms with Crippen molar-refractivity contribution in [2.24, 2.45) is 5.73 Å². The van der Waals surface area contributed by atoms with Gasteiger partial charge in [-0.25, -0.2) is 9.97 Å². The number of halogens is 1. The van der Waals surface area contributed by atoms with Crippen molar-refractivity contribution in [3.05, 3.63) is 65.1 Å². The third-order valence-corrected chi connectivity index (χ3v) is 4.97. The molecule has 6 nitrogen and oxygen atoms in total. The van der Waals surface area contributed by atoms with Crippen LogP contribution in [0, 0.1) is 6.92 Å². The molecule has 0 aliphatic rings. The molecule has 0 aliphatic heterocycles. The fourth-order valence-corrected chi connectivity index (χ4v) is 3.29. The molecule has 30 heavy (non-hydrogen) atoms. The highest BCUT2D eigenvalue weighted by Crippen LogP contribution is 2.36. The van der Waals surface area contributed by atoms with Crippen molar-refractivity contribution in [3.63, 3.8) is 0 Å². The van der Waals surface area contributed by atoms with Gasteiger partial charge < -0.3 is 15.4 Å². The number of hydrogen-bond donors (Lipinski definition) is 1. The van der Waals surface area contributed by atoms with E-state index in [1.54, 1.807) is 12.3 Å². The molecule has 0 saturated heterocycles. The fraction of sp³-hybridized carbons (Fsp3) is 0.261. The van der Waals surface area contributed by atoms with E-state index >= 15 is 0 Å². The lowest BCUT2D eigenvalue weighted by Crippen LogP contribution is -2.16. The highest BCUT2D eigenvalue weighted by Gasteiger charge is 2.17. The van der Waals surface area contributed by atoms with Crippen molar-refractivity contribution < 1.29 is 9.53 Å². The van der Waals surface area contributed by atoms with Gasteiger partial charge in [0.25, 0.3) is 5.91 Å². The molecule has 2 N–H and O–H groups in total. The molecule has 0 radical (unpaired) electrons. The Kier molecular flexibility index (Phi) is 7.03. The van der Waals surface area contributed by atoms with Gasteiger partial charge in [-0.3, -0.25) is 4.79 Å². The average molecular weight is 425 g/mol. The van der Waals surface area contributed by atoms with Gasteiger partial charge in [0.1, 0.15) is 5.75 Å². The molecule has 0 saturated carbocycles. The number of nitrogens with two attached hydrogens (primary N) is 1. The lowest BCUT2D eigenvalue weighted by Gasteiger charge is -2.15. The minimum Gasteiger partial charge on any atom is -0.492 e. The van der Waals surface area contributed by atoms with Crippen LogP contribution in [0.4, 0.5) is 0 Å². The Hall–Kier alpha value is -2.96. The van der Waals surface area contributed by atoms with Gasteiger partial charge in [0.15, 0.2) is 0 Å². The summed E-state index contributed by atoms with van der Waals surface area (Å²) in [6.45, 7) is 3.48. The van der Waals surface area contributed by atoms with Crippen LogP contribution in [-0.2, 0) is 0 Å². The van der Waals surface area contributed by atoms with Gasteiger partial charge in [-0.2, -0.15) is 0 Å². The van der Waals surface area contributed by atoms with Crippen LogP contribution in [0.3, 0.4) is 0 Å². The van der Waals surface area contributed by atoms with E-state index in [-0.39, 0.29) is 5.82 Å². The van der Waals surface area contributed by atoms with Crippen LogP contribution in [0.2, 0.25) is 5.02 Å². The zero-order chi connectivity index (χ0) is 21.7. The number of nitrogens with zero attached hydrogens (tertiary/aromatic N) is 3. The maximum absolute atomic E-state index is 11.7. The molecule has 1 amide bonds. The van der Waals surface area contributed by atoms with Crippen molar-refractivity contribution >= 4 is 17.5 Å². The summed E-state index contributed by atoms with van der Waals surface area (Å²) in [6, 6.07) is 13.4. The lowest BCUT2D eigenvalue weighted by molar-refractivity contribution is 0.0990. The molecule has 0 bridgehead atoms. The Morgan fingerprint density at radius 3 is 2.63 bits per heavy atom. The lowest BCUT2D eigenvalue weighted by atomic mass is 9.97. The Morgan fingerprint density at radius 2 is 1.93 bits per heavy atom. The summed E-state index contributed by atoms with van der Waals surface area (Å²) in [4.78, 5) is 22.4. The van der Waals surface area contributed by atoms with Crippen molar-refractivity contribution in [3.8, 4) is 28.1 Å². The summed E-state index contributed by atoms with van der Waals surface area (Å²) in [7, 11) is 4.04. The Balaban J connectivity index is 2.03. The van der Waals surface area contributed by atoms with Crippen LogP contribution in [0.25, 0.3) is 22.4 Å². The topological polar surface area (TPSA) is 81.3 Å². The number of primary amides is 1. The molecule has 7 heteroatoms. The van der Waals surface area contributed by atoms with Crippen LogP contribution >= 0.6 is 11.6 Å². The number of benzene rings is 2. The summed E-state index contributed by atoms with van der Waals surface area (Å²) in [5.74, 6) is -0.143. The molecule has 0 atom stereocenters. The summed E-state index contributed by atoms with van der Waals surface area (Å²) in [5, 5.41) is 0.519. The van der Waals surface area contributed by atoms with Gasteiger partial charge in [0.05, 0.1) is 17.3 Å². The number of amides is 1. The molecule has 156 valence electrons. The SMILES string of the molecule is Cc1ccccc1-c1cnc(C(N)=O)nc1-c1ccc(Cl)c(OCCCN(C)C)c1. The monoisotopic (exact) mass is 424 g/mol. The zero-order valence-corrected chi connectivity index (χ0v) is 18.1. The first-order valence-corrected chi connectivity index (χ1v) is 10.0. The first kappa shape index (κ1) is 21.7. The smallest absolute Gasteiger partial charge is 0.286 e. The molecular weight excluding hydrogens is 400 g/mol. The summed E-state index contributed by atoms with van der Waals surface area (Å²) < 4.78 is 5.90. The van der Waals surface area contributed by atoms with Crippen LogP contribution in [0.1, 0.15) is 22.6 Å². The Labute approximate surface area is 181 Å².